The third-order valence-corrected chi connectivity index (χ3v) is 5.57. The highest BCUT2D eigenvalue weighted by Crippen LogP contribution is 2.35. The molecule has 5 nitrogen and oxygen atoms in total. The molecule has 28 heavy (non-hydrogen) atoms. The average molecular weight is 384 g/mol. The molecule has 2 unspecified atom stereocenters. The Bertz CT molecular complexity index is 849. The van der Waals surface area contributed by atoms with Crippen molar-refractivity contribution < 1.29 is 9.18 Å². The molecule has 0 aliphatic carbocycles. The molecule has 0 saturated carbocycles. The van der Waals surface area contributed by atoms with Crippen LogP contribution in [0.25, 0.3) is 0 Å². The minimum absolute atomic E-state index is 0.0892. The molecule has 2 aliphatic rings. The summed E-state index contributed by atoms with van der Waals surface area (Å²) in [6, 6.07) is 6.90. The van der Waals surface area contributed by atoms with E-state index in [1.54, 1.807) is 19.1 Å². The van der Waals surface area contributed by atoms with Gasteiger partial charge in [0.15, 0.2) is 0 Å². The Morgan fingerprint density at radius 1 is 1.11 bits per heavy atom. The largest absolute Gasteiger partial charge is 0.337 e. The van der Waals surface area contributed by atoms with Gasteiger partial charge in [0.2, 0.25) is 5.95 Å². The predicted octanol–water partition coefficient (Wildman–Crippen LogP) is 3.92. The average Bonchev–Trinajstić information content (AvgIpc) is 2.65. The number of carbonyl (C=O) groups excluding carboxylic acids is 1. The summed E-state index contributed by atoms with van der Waals surface area (Å²) in [7, 11) is 0. The number of benzene rings is 1. The molecule has 6 heteroatoms. The minimum Gasteiger partial charge on any atom is -0.337 e. The summed E-state index contributed by atoms with van der Waals surface area (Å²) in [5, 5.41) is 0. The van der Waals surface area contributed by atoms with Crippen LogP contribution in [0.15, 0.2) is 24.3 Å². The molecule has 1 amide bonds. The van der Waals surface area contributed by atoms with Crippen molar-refractivity contribution in [2.45, 2.75) is 47.1 Å². The highest BCUT2D eigenvalue weighted by atomic mass is 19.1. The number of anilines is 1. The first-order valence-corrected chi connectivity index (χ1v) is 10.1. The lowest BCUT2D eigenvalue weighted by Crippen LogP contribution is -2.65. The van der Waals surface area contributed by atoms with Gasteiger partial charge in [-0.25, -0.2) is 14.4 Å². The van der Waals surface area contributed by atoms with E-state index in [-0.39, 0.29) is 17.8 Å². The van der Waals surface area contributed by atoms with E-state index >= 15 is 0 Å². The van der Waals surface area contributed by atoms with Gasteiger partial charge in [0.05, 0.1) is 6.04 Å². The van der Waals surface area contributed by atoms with Gasteiger partial charge >= 0.3 is 0 Å². The number of hydrogen-bond donors (Lipinski definition) is 0. The van der Waals surface area contributed by atoms with Crippen molar-refractivity contribution in [2.75, 3.05) is 24.5 Å². The topological polar surface area (TPSA) is 49.3 Å². The third kappa shape index (κ3) is 3.73. The van der Waals surface area contributed by atoms with Crippen LogP contribution < -0.4 is 4.90 Å². The van der Waals surface area contributed by atoms with Crippen molar-refractivity contribution in [3.63, 3.8) is 0 Å². The third-order valence-electron chi connectivity index (χ3n) is 5.57. The van der Waals surface area contributed by atoms with Gasteiger partial charge in [0.25, 0.3) is 5.91 Å². The molecule has 2 aromatic rings. The number of aryl methyl sites for hydroxylation is 2. The fourth-order valence-corrected chi connectivity index (χ4v) is 4.06. The van der Waals surface area contributed by atoms with Gasteiger partial charge in [-0.1, -0.05) is 19.9 Å². The van der Waals surface area contributed by atoms with Crippen molar-refractivity contribution >= 4 is 11.9 Å². The Hall–Kier alpha value is -2.50. The minimum atomic E-state index is -0.334. The van der Waals surface area contributed by atoms with Gasteiger partial charge in [-0.2, -0.15) is 0 Å². The quantitative estimate of drug-likeness (QED) is 0.787. The van der Waals surface area contributed by atoms with E-state index in [1.807, 2.05) is 38.7 Å². The van der Waals surface area contributed by atoms with Gasteiger partial charge in [-0.05, 0) is 51.0 Å². The monoisotopic (exact) mass is 384 g/mol. The maximum absolute atomic E-state index is 13.8. The zero-order valence-corrected chi connectivity index (χ0v) is 17.4. The van der Waals surface area contributed by atoms with E-state index in [4.69, 9.17) is 0 Å². The highest BCUT2D eigenvalue weighted by Gasteiger charge is 2.45. The van der Waals surface area contributed by atoms with Crippen molar-refractivity contribution in [1.29, 1.82) is 0 Å². The summed E-state index contributed by atoms with van der Waals surface area (Å²) in [5.41, 5.74) is 2.78. The van der Waals surface area contributed by atoms with Gasteiger partial charge in [-0.3, -0.25) is 4.79 Å². The van der Waals surface area contributed by atoms with Crippen LogP contribution in [-0.2, 0) is 0 Å². The summed E-state index contributed by atoms with van der Waals surface area (Å²) >= 11 is 0. The normalized spacial score (nSPS) is 20.6. The van der Waals surface area contributed by atoms with Gasteiger partial charge < -0.3 is 9.80 Å². The molecular weight excluding hydrogens is 355 g/mol. The van der Waals surface area contributed by atoms with E-state index in [1.165, 1.54) is 6.07 Å². The Kier molecular flexibility index (Phi) is 5.96. The summed E-state index contributed by atoms with van der Waals surface area (Å²) in [6.45, 7) is 11.9. The SMILES string of the molecule is CC.Cc1cc(C)nc(N2CC3CCN(C(=O)c4cccc(F)c4C)CC32)n1. The van der Waals surface area contributed by atoms with Crippen molar-refractivity contribution in [3.05, 3.63) is 52.6 Å². The molecular formula is C22H29FN4O. The molecule has 4 rings (SSSR count). The molecule has 3 heterocycles. The van der Waals surface area contributed by atoms with E-state index < -0.39 is 0 Å². The standard InChI is InChI=1S/C20H23FN4O.C2H6/c1-12-9-13(2)23-20(22-12)25-10-15-7-8-24(11-18(15)25)19(26)16-5-4-6-17(21)14(16)3;1-2/h4-6,9,15,18H,7-8,10-11H2,1-3H3;1-2H3. The Morgan fingerprint density at radius 3 is 2.46 bits per heavy atom. The number of nitrogens with zero attached hydrogens (tertiary/aromatic N) is 4. The van der Waals surface area contributed by atoms with Crippen molar-refractivity contribution in [3.8, 4) is 0 Å². The van der Waals surface area contributed by atoms with Crippen LogP contribution in [0.3, 0.4) is 0 Å². The first kappa shape index (κ1) is 20.2. The fraction of sp³-hybridized carbons (Fsp3) is 0.500. The number of piperidine rings is 1. The number of halogens is 1. The molecule has 150 valence electrons. The molecule has 0 radical (unpaired) electrons. The van der Waals surface area contributed by atoms with Crippen LogP contribution in [0, 0.1) is 32.5 Å². The Balaban J connectivity index is 0.00000109. The number of fused-ring (bicyclic) bond motifs is 1. The molecule has 2 aliphatic heterocycles. The molecule has 0 bridgehead atoms. The number of aromatic nitrogens is 2. The zero-order chi connectivity index (χ0) is 20.4. The van der Waals surface area contributed by atoms with Gasteiger partial charge in [0, 0.05) is 42.5 Å². The second-order valence-electron chi connectivity index (χ2n) is 7.38. The van der Waals surface area contributed by atoms with Crippen LogP contribution in [0.5, 0.6) is 0 Å². The summed E-state index contributed by atoms with van der Waals surface area (Å²) < 4.78 is 13.8. The number of carbonyl (C=O) groups is 1. The molecule has 0 spiro atoms. The number of rotatable bonds is 2. The molecule has 0 N–H and O–H groups in total. The molecule has 2 atom stereocenters. The maximum atomic E-state index is 13.8. The smallest absolute Gasteiger partial charge is 0.254 e. The molecule has 1 aromatic carbocycles. The van der Waals surface area contributed by atoms with E-state index in [0.717, 1.165) is 36.8 Å². The highest BCUT2D eigenvalue weighted by molar-refractivity contribution is 5.95. The molecule has 2 saturated heterocycles. The van der Waals surface area contributed by atoms with Gasteiger partial charge in [-0.15, -0.1) is 0 Å². The number of amides is 1. The summed E-state index contributed by atoms with van der Waals surface area (Å²) in [6.07, 6.45) is 0.964. The van der Waals surface area contributed by atoms with Crippen LogP contribution in [-0.4, -0.2) is 46.5 Å². The van der Waals surface area contributed by atoms with E-state index in [2.05, 4.69) is 14.9 Å². The fourth-order valence-electron chi connectivity index (χ4n) is 4.06. The second-order valence-corrected chi connectivity index (χ2v) is 7.38. The van der Waals surface area contributed by atoms with E-state index in [9.17, 15) is 9.18 Å². The lowest BCUT2D eigenvalue weighted by molar-refractivity contribution is 0.0588. The van der Waals surface area contributed by atoms with Crippen LogP contribution >= 0.6 is 0 Å². The second kappa shape index (κ2) is 8.25. The number of hydrogen-bond acceptors (Lipinski definition) is 4. The Labute approximate surface area is 166 Å². The van der Waals surface area contributed by atoms with Crippen LogP contribution in [0.1, 0.15) is 47.6 Å². The summed E-state index contributed by atoms with van der Waals surface area (Å²) in [4.78, 5) is 26.1. The zero-order valence-electron chi connectivity index (χ0n) is 17.4. The van der Waals surface area contributed by atoms with Crippen LogP contribution in [0.4, 0.5) is 10.3 Å². The number of likely N-dealkylation sites (tertiary alicyclic amines) is 1. The lowest BCUT2D eigenvalue weighted by atomic mass is 9.82. The van der Waals surface area contributed by atoms with Crippen molar-refractivity contribution in [1.82, 2.24) is 14.9 Å². The molecule has 2 fully saturated rings. The lowest BCUT2D eigenvalue weighted by Gasteiger charge is -2.53. The molecule has 1 aromatic heterocycles. The Morgan fingerprint density at radius 2 is 1.79 bits per heavy atom. The van der Waals surface area contributed by atoms with Gasteiger partial charge in [0.1, 0.15) is 5.82 Å². The maximum Gasteiger partial charge on any atom is 0.254 e. The first-order valence-electron chi connectivity index (χ1n) is 10.1. The van der Waals surface area contributed by atoms with Crippen molar-refractivity contribution in [2.24, 2.45) is 5.92 Å². The summed E-state index contributed by atoms with van der Waals surface area (Å²) in [5.74, 6) is 0.894. The first-order chi connectivity index (χ1) is 13.4. The van der Waals surface area contributed by atoms with E-state index in [0.29, 0.717) is 23.6 Å². The predicted molar refractivity (Wildman–Crippen MR) is 109 cm³/mol. The van der Waals surface area contributed by atoms with Crippen LogP contribution in [0.2, 0.25) is 0 Å².